The quantitative estimate of drug-likeness (QED) is 0.735. The Morgan fingerprint density at radius 2 is 2.13 bits per heavy atom. The van der Waals surface area contributed by atoms with Gasteiger partial charge in [-0.25, -0.2) is 4.79 Å². The molecule has 4 nitrogen and oxygen atoms in total. The van der Waals surface area contributed by atoms with Gasteiger partial charge in [-0.05, 0) is 57.2 Å². The predicted octanol–water partition coefficient (Wildman–Crippen LogP) is 4.50. The summed E-state index contributed by atoms with van der Waals surface area (Å²) in [6, 6.07) is 5.95. The summed E-state index contributed by atoms with van der Waals surface area (Å²) in [4.78, 5) is 11.9. The monoisotopic (exact) mass is 402 g/mol. The lowest BCUT2D eigenvalue weighted by atomic mass is 10.1. The molecule has 0 aromatic heterocycles. The molecule has 23 heavy (non-hydrogen) atoms. The van der Waals surface area contributed by atoms with Crippen molar-refractivity contribution in [1.29, 1.82) is 0 Å². The first-order valence-corrected chi connectivity index (χ1v) is 9.06. The standard InChI is InChI=1S/C17H24BrClN2O2/c1-17(2,3)23-16(22)21-15(11-4-5-11)10-20-9-12-6-7-13(18)8-14(12)19/h6-8,11,15,20H,4-5,9-10H2,1-3H3,(H,21,22). The first-order chi connectivity index (χ1) is 10.7. The van der Waals surface area contributed by atoms with Crippen LogP contribution in [-0.2, 0) is 11.3 Å². The van der Waals surface area contributed by atoms with Crippen LogP contribution in [0.1, 0.15) is 39.2 Å². The minimum absolute atomic E-state index is 0.0964. The van der Waals surface area contributed by atoms with Crippen molar-refractivity contribution in [2.45, 2.75) is 51.8 Å². The van der Waals surface area contributed by atoms with Gasteiger partial charge in [-0.1, -0.05) is 33.6 Å². The maximum absolute atomic E-state index is 11.9. The SMILES string of the molecule is CC(C)(C)OC(=O)NC(CNCc1ccc(Br)cc1Cl)C1CC1. The number of alkyl carbamates (subject to hydrolysis) is 1. The summed E-state index contributed by atoms with van der Waals surface area (Å²) in [5.41, 5.74) is 0.568. The zero-order valence-electron chi connectivity index (χ0n) is 13.8. The molecule has 128 valence electrons. The molecule has 2 N–H and O–H groups in total. The van der Waals surface area contributed by atoms with Crippen molar-refractivity contribution in [1.82, 2.24) is 10.6 Å². The van der Waals surface area contributed by atoms with Crippen LogP contribution in [0, 0.1) is 5.92 Å². The van der Waals surface area contributed by atoms with Gasteiger partial charge < -0.3 is 15.4 Å². The molecular weight excluding hydrogens is 380 g/mol. The molecule has 6 heteroatoms. The number of rotatable bonds is 6. The fraction of sp³-hybridized carbons (Fsp3) is 0.588. The van der Waals surface area contributed by atoms with E-state index in [0.29, 0.717) is 19.0 Å². The Morgan fingerprint density at radius 1 is 1.43 bits per heavy atom. The van der Waals surface area contributed by atoms with E-state index in [2.05, 4.69) is 26.6 Å². The van der Waals surface area contributed by atoms with Gasteiger partial charge in [0, 0.05) is 28.6 Å². The van der Waals surface area contributed by atoms with Crippen molar-refractivity contribution >= 4 is 33.6 Å². The number of carbonyl (C=O) groups is 1. The highest BCUT2D eigenvalue weighted by Gasteiger charge is 2.33. The van der Waals surface area contributed by atoms with Crippen LogP contribution in [-0.4, -0.2) is 24.3 Å². The number of nitrogens with one attached hydrogen (secondary N) is 2. The average Bonchev–Trinajstić information content (AvgIpc) is 3.22. The molecule has 1 unspecified atom stereocenters. The van der Waals surface area contributed by atoms with E-state index < -0.39 is 5.60 Å². The second-order valence-corrected chi connectivity index (χ2v) is 8.28. The van der Waals surface area contributed by atoms with Gasteiger partial charge in [0.2, 0.25) is 0 Å². The van der Waals surface area contributed by atoms with Crippen LogP contribution in [0.15, 0.2) is 22.7 Å². The molecule has 0 heterocycles. The number of carbonyl (C=O) groups excluding carboxylic acids is 1. The number of hydrogen-bond donors (Lipinski definition) is 2. The number of hydrogen-bond acceptors (Lipinski definition) is 3. The lowest BCUT2D eigenvalue weighted by Crippen LogP contribution is -2.45. The maximum Gasteiger partial charge on any atom is 0.407 e. The van der Waals surface area contributed by atoms with Crippen molar-refractivity contribution in [2.75, 3.05) is 6.54 Å². The van der Waals surface area contributed by atoms with Crippen LogP contribution in [0.4, 0.5) is 4.79 Å². The van der Waals surface area contributed by atoms with E-state index in [9.17, 15) is 4.79 Å². The third kappa shape index (κ3) is 6.69. The molecule has 0 spiro atoms. The van der Waals surface area contributed by atoms with Gasteiger partial charge >= 0.3 is 6.09 Å². The Hall–Kier alpha value is -0.780. The smallest absolute Gasteiger partial charge is 0.407 e. The number of halogens is 2. The van der Waals surface area contributed by atoms with Crippen LogP contribution >= 0.6 is 27.5 Å². The van der Waals surface area contributed by atoms with E-state index in [-0.39, 0.29) is 12.1 Å². The van der Waals surface area contributed by atoms with Crippen molar-refractivity contribution in [3.05, 3.63) is 33.3 Å². The average molecular weight is 404 g/mol. The molecule has 0 saturated heterocycles. The molecule has 0 radical (unpaired) electrons. The second-order valence-electron chi connectivity index (χ2n) is 6.96. The molecule has 1 atom stereocenters. The minimum Gasteiger partial charge on any atom is -0.444 e. The molecule has 1 fully saturated rings. The molecule has 0 aliphatic heterocycles. The van der Waals surface area contributed by atoms with Crippen molar-refractivity contribution in [3.8, 4) is 0 Å². The van der Waals surface area contributed by atoms with Crippen LogP contribution in [0.25, 0.3) is 0 Å². The lowest BCUT2D eigenvalue weighted by Gasteiger charge is -2.24. The Labute approximate surface area is 151 Å². The number of benzene rings is 1. The van der Waals surface area contributed by atoms with E-state index in [1.165, 1.54) is 0 Å². The molecule has 2 rings (SSSR count). The molecule has 1 aromatic carbocycles. The van der Waals surface area contributed by atoms with Gasteiger partial charge in [0.05, 0.1) is 0 Å². The van der Waals surface area contributed by atoms with Gasteiger partial charge in [0.1, 0.15) is 5.60 Å². The Balaban J connectivity index is 1.82. The maximum atomic E-state index is 11.9. The molecule has 1 amide bonds. The van der Waals surface area contributed by atoms with Gasteiger partial charge in [0.15, 0.2) is 0 Å². The third-order valence-electron chi connectivity index (χ3n) is 3.59. The normalized spacial score (nSPS) is 16.0. The summed E-state index contributed by atoms with van der Waals surface area (Å²) < 4.78 is 6.31. The highest BCUT2D eigenvalue weighted by Crippen LogP contribution is 2.32. The van der Waals surface area contributed by atoms with Crippen LogP contribution in [0.5, 0.6) is 0 Å². The van der Waals surface area contributed by atoms with Crippen LogP contribution in [0.3, 0.4) is 0 Å². The van der Waals surface area contributed by atoms with Gasteiger partial charge in [0.25, 0.3) is 0 Å². The fourth-order valence-corrected chi connectivity index (χ4v) is 3.06. The summed E-state index contributed by atoms with van der Waals surface area (Å²) in [5, 5.41) is 7.09. The van der Waals surface area contributed by atoms with E-state index >= 15 is 0 Å². The summed E-state index contributed by atoms with van der Waals surface area (Å²) in [6.07, 6.45) is 1.96. The molecule has 1 saturated carbocycles. The topological polar surface area (TPSA) is 50.4 Å². The van der Waals surface area contributed by atoms with E-state index in [0.717, 1.165) is 27.9 Å². The summed E-state index contributed by atoms with van der Waals surface area (Å²) >= 11 is 9.62. The summed E-state index contributed by atoms with van der Waals surface area (Å²) in [5.74, 6) is 0.537. The molecule has 1 aliphatic carbocycles. The zero-order chi connectivity index (χ0) is 17.0. The Kier molecular flexibility index (Phi) is 6.34. The van der Waals surface area contributed by atoms with Crippen molar-refractivity contribution in [3.63, 3.8) is 0 Å². The fourth-order valence-electron chi connectivity index (χ4n) is 2.32. The second kappa shape index (κ2) is 7.86. The first-order valence-electron chi connectivity index (χ1n) is 7.89. The molecular formula is C17H24BrClN2O2. The molecule has 1 aromatic rings. The van der Waals surface area contributed by atoms with Crippen molar-refractivity contribution in [2.24, 2.45) is 5.92 Å². The van der Waals surface area contributed by atoms with Crippen LogP contribution < -0.4 is 10.6 Å². The largest absolute Gasteiger partial charge is 0.444 e. The Bertz CT molecular complexity index is 556. The van der Waals surface area contributed by atoms with Gasteiger partial charge in [-0.3, -0.25) is 0 Å². The number of amides is 1. The first kappa shape index (κ1) is 18.6. The summed E-state index contributed by atoms with van der Waals surface area (Å²) in [7, 11) is 0. The lowest BCUT2D eigenvalue weighted by molar-refractivity contribution is 0.0497. The van der Waals surface area contributed by atoms with Crippen molar-refractivity contribution < 1.29 is 9.53 Å². The van der Waals surface area contributed by atoms with E-state index in [4.69, 9.17) is 16.3 Å². The highest BCUT2D eigenvalue weighted by molar-refractivity contribution is 9.10. The summed E-state index contributed by atoms with van der Waals surface area (Å²) in [6.45, 7) is 6.98. The minimum atomic E-state index is -0.476. The van der Waals surface area contributed by atoms with E-state index in [1.807, 2.05) is 39.0 Å². The van der Waals surface area contributed by atoms with E-state index in [1.54, 1.807) is 0 Å². The van der Waals surface area contributed by atoms with Gasteiger partial charge in [-0.2, -0.15) is 0 Å². The number of ether oxygens (including phenoxy) is 1. The van der Waals surface area contributed by atoms with Crippen LogP contribution in [0.2, 0.25) is 5.02 Å². The van der Waals surface area contributed by atoms with Gasteiger partial charge in [-0.15, -0.1) is 0 Å². The predicted molar refractivity (Wildman–Crippen MR) is 96.7 cm³/mol. The molecule has 0 bridgehead atoms. The molecule has 1 aliphatic rings. The highest BCUT2D eigenvalue weighted by atomic mass is 79.9. The third-order valence-corrected chi connectivity index (χ3v) is 4.43. The Morgan fingerprint density at radius 3 is 2.70 bits per heavy atom. The zero-order valence-corrected chi connectivity index (χ0v) is 16.1.